The number of carbonyl (C=O) groups excluding carboxylic acids is 2. The fraction of sp³-hybridized carbons (Fsp3) is 0.360. The molecule has 1 saturated heterocycles. The van der Waals surface area contributed by atoms with Crippen LogP contribution < -0.4 is 10.6 Å². The minimum Gasteiger partial charge on any atom is -0.395 e. The summed E-state index contributed by atoms with van der Waals surface area (Å²) >= 11 is 0. The number of aryl methyl sites for hydroxylation is 2. The van der Waals surface area contributed by atoms with E-state index >= 15 is 0 Å². The molecule has 1 heterocycles. The molecule has 0 saturated carbocycles. The van der Waals surface area contributed by atoms with Crippen LogP contribution in [0.1, 0.15) is 33.5 Å². The average molecular weight is 486 g/mol. The molecule has 0 bridgehead atoms. The normalized spacial score (nSPS) is 18.4. The van der Waals surface area contributed by atoms with Crippen molar-refractivity contribution in [3.8, 4) is 0 Å². The van der Waals surface area contributed by atoms with E-state index < -0.39 is 28.0 Å². The molecule has 0 aliphatic carbocycles. The Morgan fingerprint density at radius 3 is 2.47 bits per heavy atom. The van der Waals surface area contributed by atoms with Gasteiger partial charge >= 0.3 is 0 Å². The van der Waals surface area contributed by atoms with Crippen molar-refractivity contribution in [1.29, 1.82) is 0 Å². The number of amides is 2. The van der Waals surface area contributed by atoms with Gasteiger partial charge in [0.15, 0.2) is 0 Å². The molecule has 2 aromatic rings. The first-order valence-electron chi connectivity index (χ1n) is 11.2. The number of hydrogen-bond donors (Lipinski definition) is 3. The van der Waals surface area contributed by atoms with Gasteiger partial charge in [0.2, 0.25) is 15.9 Å². The van der Waals surface area contributed by atoms with E-state index in [9.17, 15) is 23.1 Å². The van der Waals surface area contributed by atoms with Crippen LogP contribution in [0.15, 0.2) is 60.0 Å². The van der Waals surface area contributed by atoms with Gasteiger partial charge in [-0.05, 0) is 73.7 Å². The fourth-order valence-electron chi connectivity index (χ4n) is 4.01. The van der Waals surface area contributed by atoms with Crippen LogP contribution in [-0.4, -0.2) is 61.4 Å². The Bertz CT molecular complexity index is 1160. The van der Waals surface area contributed by atoms with E-state index in [4.69, 9.17) is 0 Å². The summed E-state index contributed by atoms with van der Waals surface area (Å²) in [5.41, 5.74) is 3.92. The highest BCUT2D eigenvalue weighted by Gasteiger charge is 2.40. The Hall–Kier alpha value is -3.01. The van der Waals surface area contributed by atoms with Gasteiger partial charge in [0.05, 0.1) is 17.5 Å². The van der Waals surface area contributed by atoms with Crippen LogP contribution in [0, 0.1) is 13.8 Å². The molecule has 2 unspecified atom stereocenters. The number of carbonyl (C=O) groups is 2. The van der Waals surface area contributed by atoms with Crippen molar-refractivity contribution < 1.29 is 23.1 Å². The van der Waals surface area contributed by atoms with Gasteiger partial charge in [0.25, 0.3) is 5.91 Å². The standard InChI is InChI=1S/C25H31N3O5S/c1-4-24(30)27-21-14-22(16-29)28(15-21)34(32,33)23-9-7-20(8-10-23)25(31)26-12-11-19-6-5-17(2)18(3)13-19/h4-10,13,21-22,29H,1,11-12,14-16H2,2-3H3,(H,26,31)(H,27,30). The first-order valence-corrected chi connectivity index (χ1v) is 12.6. The van der Waals surface area contributed by atoms with E-state index in [1.165, 1.54) is 39.7 Å². The van der Waals surface area contributed by atoms with Crippen molar-refractivity contribution in [1.82, 2.24) is 14.9 Å². The number of rotatable bonds is 9. The molecular weight excluding hydrogens is 454 g/mol. The smallest absolute Gasteiger partial charge is 0.251 e. The summed E-state index contributed by atoms with van der Waals surface area (Å²) < 4.78 is 27.5. The molecule has 1 fully saturated rings. The molecule has 1 aliphatic heterocycles. The highest BCUT2D eigenvalue weighted by atomic mass is 32.2. The summed E-state index contributed by atoms with van der Waals surface area (Å²) in [6.45, 7) is 7.65. The third-order valence-electron chi connectivity index (χ3n) is 6.10. The van der Waals surface area contributed by atoms with E-state index in [2.05, 4.69) is 43.2 Å². The monoisotopic (exact) mass is 485 g/mol. The second-order valence-corrected chi connectivity index (χ2v) is 10.4. The predicted molar refractivity (Wildman–Crippen MR) is 130 cm³/mol. The Balaban J connectivity index is 1.62. The van der Waals surface area contributed by atoms with Crippen LogP contribution in [0.2, 0.25) is 0 Å². The average Bonchev–Trinajstić information content (AvgIpc) is 3.25. The molecule has 8 nitrogen and oxygen atoms in total. The maximum Gasteiger partial charge on any atom is 0.251 e. The van der Waals surface area contributed by atoms with Gasteiger partial charge in [0, 0.05) is 24.7 Å². The van der Waals surface area contributed by atoms with E-state index in [0.29, 0.717) is 24.9 Å². The maximum atomic E-state index is 13.1. The number of hydrogen-bond acceptors (Lipinski definition) is 5. The Morgan fingerprint density at radius 2 is 1.85 bits per heavy atom. The Labute approximate surface area is 200 Å². The van der Waals surface area contributed by atoms with Gasteiger partial charge in [-0.25, -0.2) is 8.42 Å². The number of aliphatic hydroxyl groups is 1. The molecule has 3 rings (SSSR count). The summed E-state index contributed by atoms with van der Waals surface area (Å²) in [4.78, 5) is 24.1. The largest absolute Gasteiger partial charge is 0.395 e. The van der Waals surface area contributed by atoms with Crippen molar-refractivity contribution >= 4 is 21.8 Å². The number of nitrogens with zero attached hydrogens (tertiary/aromatic N) is 1. The molecular formula is C25H31N3O5S. The summed E-state index contributed by atoms with van der Waals surface area (Å²) in [7, 11) is -3.91. The van der Waals surface area contributed by atoms with Crippen LogP contribution in [-0.2, 0) is 21.2 Å². The second kappa shape index (κ2) is 10.9. The number of benzene rings is 2. The molecule has 2 aromatic carbocycles. The van der Waals surface area contributed by atoms with Crippen molar-refractivity contribution in [3.63, 3.8) is 0 Å². The van der Waals surface area contributed by atoms with E-state index in [-0.39, 0.29) is 24.0 Å². The minimum absolute atomic E-state index is 0.0216. The molecule has 0 radical (unpaired) electrons. The fourth-order valence-corrected chi connectivity index (χ4v) is 5.68. The third kappa shape index (κ3) is 5.91. The summed E-state index contributed by atoms with van der Waals surface area (Å²) in [6, 6.07) is 10.9. The van der Waals surface area contributed by atoms with Gasteiger partial charge in [-0.2, -0.15) is 4.31 Å². The number of sulfonamides is 1. The lowest BCUT2D eigenvalue weighted by Crippen LogP contribution is -2.39. The van der Waals surface area contributed by atoms with E-state index in [1.807, 2.05) is 6.07 Å². The summed E-state index contributed by atoms with van der Waals surface area (Å²) in [5.74, 6) is -0.678. The molecule has 34 heavy (non-hydrogen) atoms. The molecule has 2 amide bonds. The molecule has 2 atom stereocenters. The van der Waals surface area contributed by atoms with Crippen molar-refractivity contribution in [2.24, 2.45) is 0 Å². The molecule has 0 spiro atoms. The van der Waals surface area contributed by atoms with E-state index in [1.54, 1.807) is 0 Å². The predicted octanol–water partition coefficient (Wildman–Crippen LogP) is 1.70. The van der Waals surface area contributed by atoms with Crippen LogP contribution in [0.3, 0.4) is 0 Å². The van der Waals surface area contributed by atoms with Crippen LogP contribution in [0.4, 0.5) is 0 Å². The topological polar surface area (TPSA) is 116 Å². The highest BCUT2D eigenvalue weighted by molar-refractivity contribution is 7.89. The zero-order valence-corrected chi connectivity index (χ0v) is 20.3. The summed E-state index contributed by atoms with van der Waals surface area (Å²) in [5, 5.41) is 15.2. The lowest BCUT2D eigenvalue weighted by Gasteiger charge is -2.22. The first kappa shape index (κ1) is 25.6. The SMILES string of the molecule is C=CC(=O)NC1CC(CO)N(S(=O)(=O)c2ccc(C(=O)NCCc3ccc(C)c(C)c3)cc2)C1. The van der Waals surface area contributed by atoms with Crippen LogP contribution >= 0.6 is 0 Å². The lowest BCUT2D eigenvalue weighted by atomic mass is 10.0. The van der Waals surface area contributed by atoms with Crippen molar-refractivity contribution in [2.45, 2.75) is 43.7 Å². The zero-order chi connectivity index (χ0) is 24.9. The van der Waals surface area contributed by atoms with Gasteiger partial charge in [0.1, 0.15) is 0 Å². The first-order chi connectivity index (χ1) is 16.1. The van der Waals surface area contributed by atoms with Gasteiger partial charge in [-0.15, -0.1) is 0 Å². The van der Waals surface area contributed by atoms with E-state index in [0.717, 1.165) is 11.6 Å². The Morgan fingerprint density at radius 1 is 1.15 bits per heavy atom. The van der Waals surface area contributed by atoms with Crippen molar-refractivity contribution in [2.75, 3.05) is 19.7 Å². The molecule has 182 valence electrons. The quantitative estimate of drug-likeness (QED) is 0.468. The molecule has 3 N–H and O–H groups in total. The number of nitrogens with one attached hydrogen (secondary N) is 2. The van der Waals surface area contributed by atoms with Gasteiger partial charge in [-0.3, -0.25) is 9.59 Å². The van der Waals surface area contributed by atoms with Crippen molar-refractivity contribution in [3.05, 3.63) is 77.4 Å². The summed E-state index contributed by atoms with van der Waals surface area (Å²) in [6.07, 6.45) is 2.12. The lowest BCUT2D eigenvalue weighted by molar-refractivity contribution is -0.117. The molecule has 0 aromatic heterocycles. The van der Waals surface area contributed by atoms with Gasteiger partial charge in [-0.1, -0.05) is 24.8 Å². The Kier molecular flexibility index (Phi) is 8.24. The van der Waals surface area contributed by atoms with Crippen LogP contribution in [0.25, 0.3) is 0 Å². The zero-order valence-electron chi connectivity index (χ0n) is 19.5. The minimum atomic E-state index is -3.91. The highest BCUT2D eigenvalue weighted by Crippen LogP contribution is 2.26. The molecule has 1 aliphatic rings. The second-order valence-electron chi connectivity index (χ2n) is 8.51. The number of aliphatic hydroxyl groups excluding tert-OH is 1. The third-order valence-corrected chi connectivity index (χ3v) is 8.03. The van der Waals surface area contributed by atoms with Crippen LogP contribution in [0.5, 0.6) is 0 Å². The molecule has 9 heteroatoms. The maximum absolute atomic E-state index is 13.1. The van der Waals surface area contributed by atoms with Gasteiger partial charge < -0.3 is 15.7 Å².